The summed E-state index contributed by atoms with van der Waals surface area (Å²) < 4.78 is 14.7. The molecule has 4 rings (SSSR count). The van der Waals surface area contributed by atoms with Crippen molar-refractivity contribution >= 4 is 34.0 Å². The lowest BCUT2D eigenvalue weighted by Crippen LogP contribution is -2.37. The molecule has 0 fully saturated rings. The zero-order valence-electron chi connectivity index (χ0n) is 14.1. The van der Waals surface area contributed by atoms with Crippen LogP contribution in [0.2, 0.25) is 5.02 Å². The molecule has 4 heteroatoms. The number of hydrogen-bond acceptors (Lipinski definition) is 1. The fourth-order valence-corrected chi connectivity index (χ4v) is 4.12. The van der Waals surface area contributed by atoms with Crippen LogP contribution in [0.4, 0.5) is 10.1 Å². The van der Waals surface area contributed by atoms with E-state index in [1.807, 2.05) is 36.4 Å². The van der Waals surface area contributed by atoms with E-state index in [9.17, 15) is 9.18 Å². The molecule has 1 aliphatic heterocycles. The third-order valence-corrected chi connectivity index (χ3v) is 5.26. The van der Waals surface area contributed by atoms with Crippen LogP contribution in [-0.4, -0.2) is 12.5 Å². The van der Waals surface area contributed by atoms with Crippen molar-refractivity contribution in [1.82, 2.24) is 0 Å². The molecule has 2 nitrogen and oxygen atoms in total. The quantitative estimate of drug-likeness (QED) is 0.546. The molecule has 3 aromatic rings. The molecule has 3 aromatic carbocycles. The van der Waals surface area contributed by atoms with Crippen LogP contribution in [0.25, 0.3) is 10.8 Å². The van der Waals surface area contributed by atoms with Gasteiger partial charge in [-0.1, -0.05) is 54.1 Å². The summed E-state index contributed by atoms with van der Waals surface area (Å²) in [6.45, 7) is 4.17. The number of amides is 1. The van der Waals surface area contributed by atoms with Crippen molar-refractivity contribution in [2.24, 2.45) is 0 Å². The monoisotopic (exact) mass is 365 g/mol. The van der Waals surface area contributed by atoms with E-state index in [0.717, 1.165) is 22.0 Å². The lowest BCUT2D eigenvalue weighted by Gasteiger charge is -2.35. The number of fused-ring (bicyclic) bond motifs is 3. The predicted octanol–water partition coefficient (Wildman–Crippen LogP) is 5.69. The zero-order valence-corrected chi connectivity index (χ0v) is 14.8. The lowest BCUT2D eigenvalue weighted by atomic mass is 9.81. The van der Waals surface area contributed by atoms with Gasteiger partial charge < -0.3 is 4.90 Å². The van der Waals surface area contributed by atoms with Gasteiger partial charge in [-0.25, -0.2) is 4.39 Å². The molecule has 0 bridgehead atoms. The molecule has 130 valence electrons. The summed E-state index contributed by atoms with van der Waals surface area (Å²) in [6, 6.07) is 16.5. The van der Waals surface area contributed by atoms with Crippen molar-refractivity contribution in [1.29, 1.82) is 0 Å². The average Bonchev–Trinajstić information content (AvgIpc) is 2.64. The summed E-state index contributed by atoms with van der Waals surface area (Å²) in [6.07, 6.45) is 1.88. The molecule has 1 amide bonds. The van der Waals surface area contributed by atoms with Crippen molar-refractivity contribution in [3.8, 4) is 0 Å². The van der Waals surface area contributed by atoms with Gasteiger partial charge in [0.25, 0.3) is 0 Å². The van der Waals surface area contributed by atoms with Crippen LogP contribution in [0.5, 0.6) is 0 Å². The second-order valence-electron chi connectivity index (χ2n) is 6.40. The van der Waals surface area contributed by atoms with Crippen LogP contribution in [0, 0.1) is 5.82 Å². The minimum Gasteiger partial charge on any atom is -0.308 e. The Morgan fingerprint density at radius 2 is 1.92 bits per heavy atom. The third kappa shape index (κ3) is 2.60. The summed E-state index contributed by atoms with van der Waals surface area (Å²) >= 11 is 6.34. The van der Waals surface area contributed by atoms with Crippen molar-refractivity contribution in [2.45, 2.75) is 12.3 Å². The van der Waals surface area contributed by atoms with E-state index in [0.29, 0.717) is 17.1 Å². The van der Waals surface area contributed by atoms with Gasteiger partial charge in [0.1, 0.15) is 5.82 Å². The summed E-state index contributed by atoms with van der Waals surface area (Å²) in [5.41, 5.74) is 2.12. The van der Waals surface area contributed by atoms with E-state index in [2.05, 4.69) is 6.58 Å². The number of rotatable bonds is 3. The van der Waals surface area contributed by atoms with Crippen LogP contribution in [-0.2, 0) is 4.79 Å². The minimum atomic E-state index is -0.418. The van der Waals surface area contributed by atoms with E-state index in [4.69, 9.17) is 11.6 Å². The predicted molar refractivity (Wildman–Crippen MR) is 104 cm³/mol. The Kier molecular flexibility index (Phi) is 4.25. The highest BCUT2D eigenvalue weighted by atomic mass is 35.5. The SMILES string of the molecule is C=CCN1C(=O)CC(c2c(F)cccc2Cl)c2c1ccc1ccccc21. The normalized spacial score (nSPS) is 16.6. The highest BCUT2D eigenvalue weighted by Gasteiger charge is 2.35. The number of nitrogens with zero attached hydrogens (tertiary/aromatic N) is 1. The number of benzene rings is 3. The smallest absolute Gasteiger partial charge is 0.228 e. The van der Waals surface area contributed by atoms with Gasteiger partial charge in [0.2, 0.25) is 5.91 Å². The maximum atomic E-state index is 14.7. The fourth-order valence-electron chi connectivity index (χ4n) is 3.83. The molecule has 0 aromatic heterocycles. The molecule has 0 N–H and O–H groups in total. The third-order valence-electron chi connectivity index (χ3n) is 4.93. The molecule has 0 radical (unpaired) electrons. The Balaban J connectivity index is 2.04. The first kappa shape index (κ1) is 16.8. The highest BCUT2D eigenvalue weighted by molar-refractivity contribution is 6.31. The van der Waals surface area contributed by atoms with Crippen molar-refractivity contribution < 1.29 is 9.18 Å². The van der Waals surface area contributed by atoms with Crippen LogP contribution in [0.1, 0.15) is 23.5 Å². The number of carbonyl (C=O) groups excluding carboxylic acids is 1. The maximum Gasteiger partial charge on any atom is 0.228 e. The Bertz CT molecular complexity index is 1010. The van der Waals surface area contributed by atoms with Crippen molar-refractivity contribution in [2.75, 3.05) is 11.4 Å². The molecule has 0 saturated heterocycles. The van der Waals surface area contributed by atoms with E-state index in [1.54, 1.807) is 23.1 Å². The Morgan fingerprint density at radius 3 is 2.69 bits per heavy atom. The Hall–Kier alpha value is -2.65. The van der Waals surface area contributed by atoms with Crippen molar-refractivity contribution in [3.63, 3.8) is 0 Å². The van der Waals surface area contributed by atoms with Crippen LogP contribution in [0.3, 0.4) is 0 Å². The fraction of sp³-hybridized carbons (Fsp3) is 0.136. The molecule has 0 aliphatic carbocycles. The summed E-state index contributed by atoms with van der Waals surface area (Å²) in [7, 11) is 0. The van der Waals surface area contributed by atoms with E-state index < -0.39 is 5.92 Å². The van der Waals surface area contributed by atoms with Crippen LogP contribution >= 0.6 is 11.6 Å². The van der Waals surface area contributed by atoms with E-state index in [1.165, 1.54) is 6.07 Å². The second kappa shape index (κ2) is 6.58. The van der Waals surface area contributed by atoms with Gasteiger partial charge in [0.05, 0.1) is 0 Å². The van der Waals surface area contributed by atoms with Gasteiger partial charge in [0.15, 0.2) is 0 Å². The topological polar surface area (TPSA) is 20.3 Å². The van der Waals surface area contributed by atoms with E-state index >= 15 is 0 Å². The largest absolute Gasteiger partial charge is 0.308 e. The van der Waals surface area contributed by atoms with Gasteiger partial charge in [-0.2, -0.15) is 0 Å². The molecular weight excluding hydrogens is 349 g/mol. The van der Waals surface area contributed by atoms with Gasteiger partial charge in [-0.05, 0) is 34.5 Å². The standard InChI is InChI=1S/C22H17ClFNO/c1-2-12-25-19-11-10-14-6-3-4-7-15(14)21(19)16(13-20(25)26)22-17(23)8-5-9-18(22)24/h2-11,16H,1,12-13H2. The minimum absolute atomic E-state index is 0.0583. The first-order valence-electron chi connectivity index (χ1n) is 8.48. The Labute approximate surface area is 156 Å². The summed E-state index contributed by atoms with van der Waals surface area (Å²) in [5.74, 6) is -0.860. The van der Waals surface area contributed by atoms with Crippen LogP contribution in [0.15, 0.2) is 67.3 Å². The van der Waals surface area contributed by atoms with Crippen LogP contribution < -0.4 is 4.90 Å². The van der Waals surface area contributed by atoms with Gasteiger partial charge in [-0.3, -0.25) is 4.79 Å². The molecule has 0 spiro atoms. The zero-order chi connectivity index (χ0) is 18.3. The number of halogens is 2. The molecule has 26 heavy (non-hydrogen) atoms. The van der Waals surface area contributed by atoms with Gasteiger partial charge in [-0.15, -0.1) is 6.58 Å². The summed E-state index contributed by atoms with van der Waals surface area (Å²) in [4.78, 5) is 14.5. The summed E-state index contributed by atoms with van der Waals surface area (Å²) in [5, 5.41) is 2.41. The molecule has 1 heterocycles. The second-order valence-corrected chi connectivity index (χ2v) is 6.81. The molecule has 1 atom stereocenters. The lowest BCUT2D eigenvalue weighted by molar-refractivity contribution is -0.119. The maximum absolute atomic E-state index is 14.7. The van der Waals surface area contributed by atoms with Gasteiger partial charge >= 0.3 is 0 Å². The first-order valence-corrected chi connectivity index (χ1v) is 8.86. The Morgan fingerprint density at radius 1 is 1.12 bits per heavy atom. The van der Waals surface area contributed by atoms with E-state index in [-0.39, 0.29) is 18.1 Å². The molecule has 0 saturated carbocycles. The highest BCUT2D eigenvalue weighted by Crippen LogP contribution is 2.46. The first-order chi connectivity index (χ1) is 12.6. The van der Waals surface area contributed by atoms with Crippen molar-refractivity contribution in [3.05, 3.63) is 89.2 Å². The number of hydrogen-bond donors (Lipinski definition) is 0. The molecular formula is C22H17ClFNO. The number of anilines is 1. The number of carbonyl (C=O) groups is 1. The average molecular weight is 366 g/mol. The molecule has 1 unspecified atom stereocenters. The van der Waals surface area contributed by atoms with Gasteiger partial charge in [0, 0.05) is 35.2 Å². The molecule has 1 aliphatic rings.